The van der Waals surface area contributed by atoms with Crippen molar-refractivity contribution in [2.24, 2.45) is 5.92 Å². The molecule has 6 heteroatoms. The maximum Gasteiger partial charge on any atom is 0.291 e. The second-order valence-electron chi connectivity index (χ2n) is 8.00. The highest BCUT2D eigenvalue weighted by molar-refractivity contribution is 6.03. The summed E-state index contributed by atoms with van der Waals surface area (Å²) in [6, 6.07) is 13.6. The van der Waals surface area contributed by atoms with Crippen molar-refractivity contribution in [2.75, 3.05) is 16.8 Å². The number of para-hydroxylation sites is 1. The molecule has 2 aromatic carbocycles. The molecule has 0 saturated carbocycles. The van der Waals surface area contributed by atoms with E-state index in [2.05, 4.69) is 19.2 Å². The molecule has 154 valence electrons. The molecule has 0 spiro atoms. The lowest BCUT2D eigenvalue weighted by Gasteiger charge is -2.30. The van der Waals surface area contributed by atoms with Crippen molar-refractivity contribution in [3.63, 3.8) is 0 Å². The number of fused-ring (bicyclic) bond motifs is 2. The van der Waals surface area contributed by atoms with Crippen LogP contribution in [0.5, 0.6) is 0 Å². The number of nitrogens with zero attached hydrogens (tertiary/aromatic N) is 1. The Bertz CT molecular complexity index is 1180. The molecular weight excluding hydrogens is 380 g/mol. The minimum absolute atomic E-state index is 0.0369. The van der Waals surface area contributed by atoms with E-state index in [0.29, 0.717) is 42.0 Å². The zero-order valence-corrected chi connectivity index (χ0v) is 17.1. The molecule has 1 aliphatic rings. The van der Waals surface area contributed by atoms with Gasteiger partial charge >= 0.3 is 0 Å². The molecule has 0 fully saturated rings. The van der Waals surface area contributed by atoms with Gasteiger partial charge in [-0.3, -0.25) is 14.4 Å². The number of carbonyl (C=O) groups excluding carboxylic acids is 2. The maximum atomic E-state index is 12.7. The van der Waals surface area contributed by atoms with Crippen LogP contribution in [-0.4, -0.2) is 18.4 Å². The lowest BCUT2D eigenvalue weighted by molar-refractivity contribution is -0.118. The second kappa shape index (κ2) is 8.14. The van der Waals surface area contributed by atoms with Crippen LogP contribution in [-0.2, 0) is 11.2 Å². The topological polar surface area (TPSA) is 79.6 Å². The Hall–Kier alpha value is -3.41. The van der Waals surface area contributed by atoms with Crippen molar-refractivity contribution in [3.8, 4) is 0 Å². The summed E-state index contributed by atoms with van der Waals surface area (Å²) in [6.07, 6.45) is 2.04. The van der Waals surface area contributed by atoms with Gasteiger partial charge in [-0.1, -0.05) is 26.0 Å². The Morgan fingerprint density at radius 2 is 1.90 bits per heavy atom. The fourth-order valence-corrected chi connectivity index (χ4v) is 3.68. The number of amides is 2. The van der Waals surface area contributed by atoms with Gasteiger partial charge in [0.05, 0.1) is 5.39 Å². The number of hydrogen-bond acceptors (Lipinski definition) is 4. The van der Waals surface area contributed by atoms with Crippen LogP contribution in [0.25, 0.3) is 11.0 Å². The first kappa shape index (κ1) is 19.9. The van der Waals surface area contributed by atoms with Crippen molar-refractivity contribution in [1.82, 2.24) is 0 Å². The Labute approximate surface area is 174 Å². The first-order valence-electron chi connectivity index (χ1n) is 10.2. The molecule has 0 aliphatic carbocycles. The Morgan fingerprint density at radius 1 is 1.10 bits per heavy atom. The molecular formula is C24H24N2O4. The molecule has 30 heavy (non-hydrogen) atoms. The summed E-state index contributed by atoms with van der Waals surface area (Å²) in [6.45, 7) is 4.97. The molecule has 4 rings (SSSR count). The SMILES string of the molecule is CC(C)CCN1C(=O)CCc2cc(NC(=O)c3cc(=O)c4ccccc4o3)ccc21. The van der Waals surface area contributed by atoms with Crippen LogP contribution in [0, 0.1) is 5.92 Å². The zero-order valence-electron chi connectivity index (χ0n) is 17.1. The molecule has 2 heterocycles. The zero-order chi connectivity index (χ0) is 21.3. The Morgan fingerprint density at radius 3 is 2.70 bits per heavy atom. The highest BCUT2D eigenvalue weighted by Gasteiger charge is 2.24. The lowest BCUT2D eigenvalue weighted by atomic mass is 9.99. The summed E-state index contributed by atoms with van der Waals surface area (Å²) in [5.41, 5.74) is 2.65. The molecule has 0 radical (unpaired) electrons. The highest BCUT2D eigenvalue weighted by atomic mass is 16.3. The van der Waals surface area contributed by atoms with E-state index in [1.165, 1.54) is 6.07 Å². The third-order valence-corrected chi connectivity index (χ3v) is 5.33. The molecule has 2 amide bonds. The number of rotatable bonds is 5. The summed E-state index contributed by atoms with van der Waals surface area (Å²) < 4.78 is 5.61. The molecule has 1 aliphatic heterocycles. The van der Waals surface area contributed by atoms with E-state index in [9.17, 15) is 14.4 Å². The molecule has 0 bridgehead atoms. The summed E-state index contributed by atoms with van der Waals surface area (Å²) in [5, 5.41) is 3.24. The second-order valence-corrected chi connectivity index (χ2v) is 8.00. The van der Waals surface area contributed by atoms with E-state index >= 15 is 0 Å². The number of aryl methyl sites for hydroxylation is 1. The Balaban J connectivity index is 1.57. The minimum atomic E-state index is -0.485. The highest BCUT2D eigenvalue weighted by Crippen LogP contribution is 2.31. The van der Waals surface area contributed by atoms with Gasteiger partial charge in [0.25, 0.3) is 5.91 Å². The third kappa shape index (κ3) is 3.99. The number of hydrogen-bond donors (Lipinski definition) is 1. The van der Waals surface area contributed by atoms with Gasteiger partial charge in [0, 0.05) is 30.4 Å². The molecule has 0 unspecified atom stereocenters. The predicted octanol–water partition coefficient (Wildman–Crippen LogP) is 4.37. The van der Waals surface area contributed by atoms with Crippen LogP contribution in [0.2, 0.25) is 0 Å². The van der Waals surface area contributed by atoms with Gasteiger partial charge < -0.3 is 14.6 Å². The average Bonchev–Trinajstić information content (AvgIpc) is 2.73. The van der Waals surface area contributed by atoms with E-state index in [0.717, 1.165) is 17.7 Å². The van der Waals surface area contributed by atoms with E-state index < -0.39 is 5.91 Å². The standard InChI is InChI=1S/C24H24N2O4/c1-15(2)11-12-26-19-9-8-17(13-16(19)7-10-23(26)28)25-24(29)22-14-20(27)18-5-3-4-6-21(18)30-22/h3-6,8-9,13-15H,7,10-12H2,1-2H3,(H,25,29). The maximum absolute atomic E-state index is 12.7. The van der Waals surface area contributed by atoms with Crippen LogP contribution < -0.4 is 15.6 Å². The van der Waals surface area contributed by atoms with Gasteiger partial charge in [-0.25, -0.2) is 0 Å². The largest absolute Gasteiger partial charge is 0.451 e. The van der Waals surface area contributed by atoms with Gasteiger partial charge in [0.15, 0.2) is 11.2 Å². The van der Waals surface area contributed by atoms with Gasteiger partial charge in [0.2, 0.25) is 5.91 Å². The molecule has 1 aromatic heterocycles. The molecule has 0 atom stereocenters. The van der Waals surface area contributed by atoms with Crippen molar-refractivity contribution >= 4 is 34.2 Å². The van der Waals surface area contributed by atoms with Gasteiger partial charge in [-0.15, -0.1) is 0 Å². The van der Waals surface area contributed by atoms with Gasteiger partial charge in [-0.2, -0.15) is 0 Å². The van der Waals surface area contributed by atoms with Gasteiger partial charge in [0.1, 0.15) is 5.58 Å². The summed E-state index contributed by atoms with van der Waals surface area (Å²) in [4.78, 5) is 39.1. The quantitative estimate of drug-likeness (QED) is 0.685. The van der Waals surface area contributed by atoms with Crippen LogP contribution >= 0.6 is 0 Å². The molecule has 6 nitrogen and oxygen atoms in total. The summed E-state index contributed by atoms with van der Waals surface area (Å²) in [7, 11) is 0. The third-order valence-electron chi connectivity index (χ3n) is 5.33. The average molecular weight is 404 g/mol. The number of anilines is 2. The fourth-order valence-electron chi connectivity index (χ4n) is 3.68. The monoisotopic (exact) mass is 404 g/mol. The summed E-state index contributed by atoms with van der Waals surface area (Å²) >= 11 is 0. The van der Waals surface area contributed by atoms with Crippen LogP contribution in [0.3, 0.4) is 0 Å². The smallest absolute Gasteiger partial charge is 0.291 e. The van der Waals surface area contributed by atoms with Crippen LogP contribution in [0.4, 0.5) is 11.4 Å². The van der Waals surface area contributed by atoms with Crippen LogP contribution in [0.1, 0.15) is 42.8 Å². The number of nitrogens with one attached hydrogen (secondary N) is 1. The molecule has 0 saturated heterocycles. The summed E-state index contributed by atoms with van der Waals surface area (Å²) in [5.74, 6) is 0.128. The van der Waals surface area contributed by atoms with E-state index in [1.807, 2.05) is 17.0 Å². The number of carbonyl (C=O) groups is 2. The van der Waals surface area contributed by atoms with Crippen molar-refractivity contribution in [2.45, 2.75) is 33.1 Å². The van der Waals surface area contributed by atoms with Crippen molar-refractivity contribution in [1.29, 1.82) is 0 Å². The van der Waals surface area contributed by atoms with E-state index in [4.69, 9.17) is 4.42 Å². The van der Waals surface area contributed by atoms with Crippen molar-refractivity contribution < 1.29 is 14.0 Å². The number of benzene rings is 2. The van der Waals surface area contributed by atoms with Crippen molar-refractivity contribution in [3.05, 3.63) is 70.1 Å². The first-order valence-corrected chi connectivity index (χ1v) is 10.2. The van der Waals surface area contributed by atoms with Gasteiger partial charge in [-0.05, 0) is 54.7 Å². The lowest BCUT2D eigenvalue weighted by Crippen LogP contribution is -2.36. The molecule has 3 aromatic rings. The normalized spacial score (nSPS) is 13.6. The van der Waals surface area contributed by atoms with Crippen LogP contribution in [0.15, 0.2) is 57.7 Å². The van der Waals surface area contributed by atoms with E-state index in [1.54, 1.807) is 30.3 Å². The predicted molar refractivity (Wildman–Crippen MR) is 117 cm³/mol. The van der Waals surface area contributed by atoms with E-state index in [-0.39, 0.29) is 17.1 Å². The fraction of sp³-hybridized carbons (Fsp3) is 0.292. The Kier molecular flexibility index (Phi) is 5.40. The first-order chi connectivity index (χ1) is 14.4. The minimum Gasteiger partial charge on any atom is -0.451 e. The molecule has 1 N–H and O–H groups in total.